The van der Waals surface area contributed by atoms with Gasteiger partial charge >= 0.3 is 0 Å². The molecule has 2 aromatic heterocycles. The van der Waals surface area contributed by atoms with Gasteiger partial charge in [0, 0.05) is 19.3 Å². The van der Waals surface area contributed by atoms with Crippen LogP contribution in [0.3, 0.4) is 0 Å². The van der Waals surface area contributed by atoms with Gasteiger partial charge in [-0.05, 0) is 6.42 Å². The minimum Gasteiger partial charge on any atom is -0.489 e. The highest BCUT2D eigenvalue weighted by Crippen LogP contribution is 2.13. The molecule has 0 fully saturated rings. The fourth-order valence-electron chi connectivity index (χ4n) is 1.50. The third-order valence-corrected chi connectivity index (χ3v) is 2.34. The molecule has 18 heavy (non-hydrogen) atoms. The van der Waals surface area contributed by atoms with Crippen LogP contribution >= 0.6 is 0 Å². The second kappa shape index (κ2) is 5.80. The fraction of sp³-hybridized carbons (Fsp3) is 0.400. The number of aromatic amines is 1. The van der Waals surface area contributed by atoms with Crippen LogP contribution in [-0.2, 0) is 6.54 Å². The van der Waals surface area contributed by atoms with Crippen LogP contribution < -0.4 is 15.6 Å². The second-order valence-electron chi connectivity index (χ2n) is 3.56. The molecule has 0 saturated heterocycles. The van der Waals surface area contributed by atoms with Crippen molar-refractivity contribution in [1.82, 2.24) is 25.0 Å². The second-order valence-corrected chi connectivity index (χ2v) is 3.56. The molecule has 96 valence electrons. The Labute approximate surface area is 103 Å². The molecule has 0 aromatic carbocycles. The molecule has 0 aliphatic carbocycles. The lowest BCUT2D eigenvalue weighted by Gasteiger charge is -2.08. The molecule has 2 rings (SSSR count). The number of aromatic nitrogens is 5. The molecule has 0 aliphatic rings. The lowest BCUT2D eigenvalue weighted by molar-refractivity contribution is 0.408. The van der Waals surface area contributed by atoms with Gasteiger partial charge in [0.2, 0.25) is 5.75 Å². The molecule has 0 atom stereocenters. The van der Waals surface area contributed by atoms with Crippen molar-refractivity contribution in [2.24, 2.45) is 0 Å². The number of rotatable bonds is 6. The molecular formula is C10H14N6O2. The van der Waals surface area contributed by atoms with Crippen molar-refractivity contribution >= 4 is 5.82 Å². The Morgan fingerprint density at radius 1 is 1.56 bits per heavy atom. The number of anilines is 1. The maximum atomic E-state index is 11.4. The highest BCUT2D eigenvalue weighted by atomic mass is 16.5. The molecule has 0 unspecified atom stereocenters. The summed E-state index contributed by atoms with van der Waals surface area (Å²) in [6.45, 7) is 1.41. The zero-order chi connectivity index (χ0) is 12.8. The molecule has 0 bridgehead atoms. The van der Waals surface area contributed by atoms with Crippen molar-refractivity contribution in [3.8, 4) is 5.75 Å². The molecule has 8 heteroatoms. The van der Waals surface area contributed by atoms with E-state index in [1.807, 2.05) is 0 Å². The van der Waals surface area contributed by atoms with Gasteiger partial charge in [0.25, 0.3) is 5.56 Å². The van der Waals surface area contributed by atoms with Crippen molar-refractivity contribution in [2.75, 3.05) is 19.0 Å². The van der Waals surface area contributed by atoms with E-state index in [1.54, 1.807) is 17.1 Å². The van der Waals surface area contributed by atoms with E-state index in [2.05, 4.69) is 25.6 Å². The maximum absolute atomic E-state index is 11.4. The van der Waals surface area contributed by atoms with Crippen LogP contribution in [0.5, 0.6) is 5.75 Å². The van der Waals surface area contributed by atoms with E-state index in [0.29, 0.717) is 12.4 Å². The highest BCUT2D eigenvalue weighted by molar-refractivity contribution is 5.47. The summed E-state index contributed by atoms with van der Waals surface area (Å²) in [4.78, 5) is 17.9. The van der Waals surface area contributed by atoms with E-state index in [4.69, 9.17) is 4.74 Å². The number of hydrogen-bond donors (Lipinski definition) is 2. The van der Waals surface area contributed by atoms with E-state index < -0.39 is 0 Å². The normalized spacial score (nSPS) is 10.3. The molecular weight excluding hydrogens is 236 g/mol. The molecule has 0 spiro atoms. The van der Waals surface area contributed by atoms with Crippen molar-refractivity contribution in [3.63, 3.8) is 0 Å². The quantitative estimate of drug-likeness (QED) is 0.693. The molecule has 0 aliphatic heterocycles. The summed E-state index contributed by atoms with van der Waals surface area (Å²) in [6.07, 6.45) is 5.60. The summed E-state index contributed by atoms with van der Waals surface area (Å²) < 4.78 is 6.72. The van der Waals surface area contributed by atoms with Gasteiger partial charge < -0.3 is 15.0 Å². The Balaban J connectivity index is 1.87. The Bertz CT molecular complexity index is 536. The Morgan fingerprint density at radius 2 is 2.44 bits per heavy atom. The van der Waals surface area contributed by atoms with Crippen LogP contribution in [0.2, 0.25) is 0 Å². The van der Waals surface area contributed by atoms with Crippen LogP contribution in [0, 0.1) is 0 Å². The molecule has 2 aromatic rings. The summed E-state index contributed by atoms with van der Waals surface area (Å²) in [5.74, 6) is 0.637. The lowest BCUT2D eigenvalue weighted by Crippen LogP contribution is -2.15. The average Bonchev–Trinajstić information content (AvgIpc) is 2.88. The Hall–Kier alpha value is -2.38. The van der Waals surface area contributed by atoms with Crippen LogP contribution in [0.25, 0.3) is 0 Å². The van der Waals surface area contributed by atoms with E-state index in [9.17, 15) is 4.79 Å². The maximum Gasteiger partial charge on any atom is 0.295 e. The fourth-order valence-corrected chi connectivity index (χ4v) is 1.50. The minimum absolute atomic E-state index is 0.193. The number of H-pyrrole nitrogens is 1. The zero-order valence-electron chi connectivity index (χ0n) is 9.96. The first-order chi connectivity index (χ1) is 8.81. The first kappa shape index (κ1) is 12.1. The number of aryl methyl sites for hydroxylation is 1. The predicted octanol–water partition coefficient (Wildman–Crippen LogP) is -0.128. The first-order valence-electron chi connectivity index (χ1n) is 5.51. The summed E-state index contributed by atoms with van der Waals surface area (Å²) in [7, 11) is 1.44. The van der Waals surface area contributed by atoms with Crippen LogP contribution in [0.4, 0.5) is 5.82 Å². The third kappa shape index (κ3) is 2.84. The van der Waals surface area contributed by atoms with Gasteiger partial charge in [-0.25, -0.2) is 4.98 Å². The number of nitrogens with zero attached hydrogens (tertiary/aromatic N) is 4. The lowest BCUT2D eigenvalue weighted by atomic mass is 10.4. The smallest absolute Gasteiger partial charge is 0.295 e. The molecule has 2 N–H and O–H groups in total. The van der Waals surface area contributed by atoms with Crippen molar-refractivity contribution in [1.29, 1.82) is 0 Å². The van der Waals surface area contributed by atoms with Gasteiger partial charge in [0.05, 0.1) is 19.6 Å². The van der Waals surface area contributed by atoms with Crippen molar-refractivity contribution < 1.29 is 4.74 Å². The number of methoxy groups -OCH3 is 1. The van der Waals surface area contributed by atoms with Gasteiger partial charge in [-0.15, -0.1) is 5.10 Å². The van der Waals surface area contributed by atoms with Crippen LogP contribution in [0.15, 0.2) is 23.5 Å². The number of nitrogens with one attached hydrogen (secondary N) is 2. The minimum atomic E-state index is -0.300. The monoisotopic (exact) mass is 250 g/mol. The predicted molar refractivity (Wildman–Crippen MR) is 64.5 cm³/mol. The largest absolute Gasteiger partial charge is 0.489 e. The number of hydrogen-bond acceptors (Lipinski definition) is 6. The molecule has 0 amide bonds. The van der Waals surface area contributed by atoms with Crippen molar-refractivity contribution in [2.45, 2.75) is 13.0 Å². The topological polar surface area (TPSA) is 97.7 Å². The standard InChI is InChI=1S/C10H14N6O2/c1-18-8-9(12-7-13-10(8)17)11-3-2-5-16-6-4-14-15-16/h4,6-7H,2-3,5H2,1H3,(H2,11,12,13,17). The molecule has 8 nitrogen and oxygen atoms in total. The summed E-state index contributed by atoms with van der Waals surface area (Å²) in [5.41, 5.74) is -0.300. The molecule has 0 radical (unpaired) electrons. The Kier molecular flexibility index (Phi) is 3.90. The van der Waals surface area contributed by atoms with Crippen molar-refractivity contribution in [3.05, 3.63) is 29.1 Å². The molecule has 2 heterocycles. The van der Waals surface area contributed by atoms with Gasteiger partial charge in [0.1, 0.15) is 0 Å². The van der Waals surface area contributed by atoms with Crippen LogP contribution in [0.1, 0.15) is 6.42 Å². The Morgan fingerprint density at radius 3 is 3.17 bits per heavy atom. The van der Waals surface area contributed by atoms with E-state index in [-0.39, 0.29) is 11.3 Å². The number of ether oxygens (including phenoxy) is 1. The highest BCUT2D eigenvalue weighted by Gasteiger charge is 2.07. The van der Waals surface area contributed by atoms with Gasteiger partial charge in [-0.2, -0.15) is 0 Å². The third-order valence-electron chi connectivity index (χ3n) is 2.34. The van der Waals surface area contributed by atoms with Gasteiger partial charge in [-0.3, -0.25) is 9.48 Å². The summed E-state index contributed by atoms with van der Waals surface area (Å²) in [5, 5.41) is 10.6. The summed E-state index contributed by atoms with van der Waals surface area (Å²) >= 11 is 0. The van der Waals surface area contributed by atoms with E-state index >= 15 is 0 Å². The van der Waals surface area contributed by atoms with Gasteiger partial charge in [-0.1, -0.05) is 5.21 Å². The van der Waals surface area contributed by atoms with Crippen LogP contribution in [-0.4, -0.2) is 38.6 Å². The first-order valence-corrected chi connectivity index (χ1v) is 5.51. The zero-order valence-corrected chi connectivity index (χ0v) is 9.96. The van der Waals surface area contributed by atoms with Gasteiger partial charge in [0.15, 0.2) is 5.82 Å². The average molecular weight is 250 g/mol. The summed E-state index contributed by atoms with van der Waals surface area (Å²) in [6, 6.07) is 0. The SMILES string of the molecule is COc1c(NCCCn2ccnn2)nc[nH]c1=O. The van der Waals surface area contributed by atoms with E-state index in [1.165, 1.54) is 13.4 Å². The molecule has 0 saturated carbocycles. The van der Waals surface area contributed by atoms with E-state index in [0.717, 1.165) is 13.0 Å².